The van der Waals surface area contributed by atoms with Gasteiger partial charge in [0.25, 0.3) is 6.01 Å². The van der Waals surface area contributed by atoms with E-state index in [4.69, 9.17) is 33.4 Å². The molecule has 0 radical (unpaired) electrons. The number of fused-ring (bicyclic) bond motifs is 3. The minimum absolute atomic E-state index is 0.0788. The van der Waals surface area contributed by atoms with Crippen molar-refractivity contribution < 1.29 is 9.21 Å². The van der Waals surface area contributed by atoms with Gasteiger partial charge in [0.15, 0.2) is 5.58 Å². The first-order valence-corrected chi connectivity index (χ1v) is 11.2. The fraction of sp³-hybridized carbons (Fsp3) is 0.409. The zero-order valence-corrected chi connectivity index (χ0v) is 18.5. The number of nitrogens with two attached hydrogens (primary N) is 1. The lowest BCUT2D eigenvalue weighted by atomic mass is 9.91. The lowest BCUT2D eigenvalue weighted by Crippen LogP contribution is -2.45. The van der Waals surface area contributed by atoms with Gasteiger partial charge in [0.2, 0.25) is 5.91 Å². The van der Waals surface area contributed by atoms with Crippen LogP contribution in [-0.4, -0.2) is 40.4 Å². The smallest absolute Gasteiger partial charge is 0.293 e. The Kier molecular flexibility index (Phi) is 4.02. The van der Waals surface area contributed by atoms with Gasteiger partial charge >= 0.3 is 0 Å². The van der Waals surface area contributed by atoms with E-state index in [0.717, 1.165) is 36.2 Å². The molecule has 0 spiro atoms. The molecule has 1 saturated carbocycles. The van der Waals surface area contributed by atoms with E-state index in [-0.39, 0.29) is 23.4 Å². The minimum atomic E-state index is -0.363. The minimum Gasteiger partial charge on any atom is -0.421 e. The molecular weight excluding hydrogens is 437 g/mol. The van der Waals surface area contributed by atoms with Crippen molar-refractivity contribution in [2.75, 3.05) is 30.3 Å². The first kappa shape index (κ1) is 19.2. The summed E-state index contributed by atoms with van der Waals surface area (Å²) in [6.07, 6.45) is 5.07. The first-order valence-electron chi connectivity index (χ1n) is 10.4. The summed E-state index contributed by atoms with van der Waals surface area (Å²) in [5.41, 5.74) is 9.62. The Morgan fingerprint density at radius 1 is 1.32 bits per heavy atom. The molecule has 31 heavy (non-hydrogen) atoms. The molecule has 2 aromatic heterocycles. The molecule has 1 aliphatic carbocycles. The summed E-state index contributed by atoms with van der Waals surface area (Å²) in [5, 5.41) is 1.27. The molecule has 4 heterocycles. The summed E-state index contributed by atoms with van der Waals surface area (Å²) in [7, 11) is 0. The van der Waals surface area contributed by atoms with Gasteiger partial charge in [-0.15, -0.1) is 0 Å². The number of pyridine rings is 1. The maximum absolute atomic E-state index is 13.8. The molecule has 1 aromatic carbocycles. The van der Waals surface area contributed by atoms with Gasteiger partial charge in [0.1, 0.15) is 11.2 Å². The SMILES string of the molecule is C[C@H]1c2c(Cl)cc(Cl)cc2CCN1C(=O)C12CC1CN(c1cncc3nc(N)oc13)C2. The van der Waals surface area contributed by atoms with E-state index >= 15 is 0 Å². The van der Waals surface area contributed by atoms with Crippen molar-refractivity contribution in [3.8, 4) is 0 Å². The number of amides is 1. The van der Waals surface area contributed by atoms with Crippen molar-refractivity contribution in [1.29, 1.82) is 0 Å². The van der Waals surface area contributed by atoms with E-state index in [1.165, 1.54) is 0 Å². The molecule has 2 aliphatic heterocycles. The number of benzene rings is 1. The van der Waals surface area contributed by atoms with Crippen LogP contribution in [0.25, 0.3) is 11.1 Å². The summed E-state index contributed by atoms with van der Waals surface area (Å²) in [6.45, 7) is 4.16. The molecule has 6 rings (SSSR count). The van der Waals surface area contributed by atoms with E-state index in [9.17, 15) is 4.79 Å². The highest BCUT2D eigenvalue weighted by molar-refractivity contribution is 6.35. The Morgan fingerprint density at radius 3 is 3.00 bits per heavy atom. The van der Waals surface area contributed by atoms with Crippen LogP contribution in [0.5, 0.6) is 0 Å². The van der Waals surface area contributed by atoms with Crippen LogP contribution in [0.3, 0.4) is 0 Å². The number of carbonyl (C=O) groups excluding carboxylic acids is 1. The third kappa shape index (κ3) is 2.76. The quantitative estimate of drug-likeness (QED) is 0.623. The molecule has 1 saturated heterocycles. The number of nitrogen functional groups attached to an aromatic ring is 1. The van der Waals surface area contributed by atoms with Crippen LogP contribution in [0, 0.1) is 11.3 Å². The lowest BCUT2D eigenvalue weighted by molar-refractivity contribution is -0.139. The Labute approximate surface area is 189 Å². The van der Waals surface area contributed by atoms with E-state index in [1.807, 2.05) is 11.0 Å². The highest BCUT2D eigenvalue weighted by atomic mass is 35.5. The molecule has 3 aromatic rings. The number of oxazole rings is 1. The number of hydrogen-bond acceptors (Lipinski definition) is 6. The Morgan fingerprint density at radius 2 is 2.16 bits per heavy atom. The molecule has 1 amide bonds. The van der Waals surface area contributed by atoms with Crippen LogP contribution in [0.1, 0.15) is 30.5 Å². The number of nitrogens with zero attached hydrogens (tertiary/aromatic N) is 4. The van der Waals surface area contributed by atoms with Crippen LogP contribution >= 0.6 is 23.2 Å². The predicted molar refractivity (Wildman–Crippen MR) is 119 cm³/mol. The molecule has 3 aliphatic rings. The topological polar surface area (TPSA) is 88.5 Å². The summed E-state index contributed by atoms with van der Waals surface area (Å²) < 4.78 is 5.61. The zero-order valence-electron chi connectivity index (χ0n) is 16.9. The third-order valence-electron chi connectivity index (χ3n) is 7.16. The second-order valence-corrected chi connectivity index (χ2v) is 9.73. The second kappa shape index (κ2) is 6.50. The van der Waals surface area contributed by atoms with Gasteiger partial charge in [-0.1, -0.05) is 23.2 Å². The molecule has 160 valence electrons. The Balaban J connectivity index is 1.28. The van der Waals surface area contributed by atoms with Crippen molar-refractivity contribution >= 4 is 51.9 Å². The molecule has 2 N–H and O–H groups in total. The average Bonchev–Trinajstić information content (AvgIpc) is 3.08. The number of anilines is 2. The van der Waals surface area contributed by atoms with Crippen molar-refractivity contribution in [3.63, 3.8) is 0 Å². The number of halogens is 2. The van der Waals surface area contributed by atoms with Gasteiger partial charge in [-0.25, -0.2) is 0 Å². The van der Waals surface area contributed by atoms with Gasteiger partial charge in [-0.2, -0.15) is 4.98 Å². The van der Waals surface area contributed by atoms with Crippen LogP contribution < -0.4 is 10.6 Å². The second-order valence-electron chi connectivity index (χ2n) is 8.88. The maximum atomic E-state index is 13.8. The monoisotopic (exact) mass is 457 g/mol. The molecule has 3 atom stereocenters. The number of hydrogen-bond donors (Lipinski definition) is 1. The molecule has 0 bridgehead atoms. The van der Waals surface area contributed by atoms with Gasteiger partial charge in [-0.3, -0.25) is 9.78 Å². The fourth-order valence-electron chi connectivity index (χ4n) is 5.55. The van der Waals surface area contributed by atoms with Gasteiger partial charge in [-0.05, 0) is 48.9 Å². The van der Waals surface area contributed by atoms with E-state index in [1.54, 1.807) is 18.5 Å². The van der Waals surface area contributed by atoms with E-state index < -0.39 is 0 Å². The zero-order chi connectivity index (χ0) is 21.5. The number of piperidine rings is 1. The van der Waals surface area contributed by atoms with Crippen LogP contribution in [0.4, 0.5) is 11.7 Å². The number of rotatable bonds is 2. The molecule has 7 nitrogen and oxygen atoms in total. The summed E-state index contributed by atoms with van der Waals surface area (Å²) in [4.78, 5) is 26.4. The van der Waals surface area contributed by atoms with Crippen molar-refractivity contribution in [2.24, 2.45) is 11.3 Å². The molecule has 9 heteroatoms. The van der Waals surface area contributed by atoms with Crippen molar-refractivity contribution in [3.05, 3.63) is 45.7 Å². The Hall–Kier alpha value is -2.51. The summed E-state index contributed by atoms with van der Waals surface area (Å²) in [5.74, 6) is 0.534. The van der Waals surface area contributed by atoms with Crippen LogP contribution in [0.15, 0.2) is 28.9 Å². The average molecular weight is 458 g/mol. The Bertz CT molecular complexity index is 1240. The number of aromatic nitrogens is 2. The van der Waals surface area contributed by atoms with E-state index in [0.29, 0.717) is 40.2 Å². The maximum Gasteiger partial charge on any atom is 0.293 e. The van der Waals surface area contributed by atoms with Crippen LogP contribution in [0.2, 0.25) is 10.0 Å². The standard InChI is InChI=1S/C22H21Cl2N5O2/c1-11-18-12(4-14(23)5-15(18)24)2-3-29(11)20(30)22-6-13(22)9-28(10-22)17-8-26-7-16-19(17)31-21(25)27-16/h4-5,7-8,11,13H,2-3,6,9-10H2,1H3,(H2,25,27)/t11-,13?,22?/m0/s1. The predicted octanol–water partition coefficient (Wildman–Crippen LogP) is 4.08. The molecular formula is C22H21Cl2N5O2. The van der Waals surface area contributed by atoms with Gasteiger partial charge in [0.05, 0.1) is 23.9 Å². The lowest BCUT2D eigenvalue weighted by Gasteiger charge is -2.38. The van der Waals surface area contributed by atoms with Gasteiger partial charge in [0, 0.05) is 29.7 Å². The molecule has 2 unspecified atom stereocenters. The summed E-state index contributed by atoms with van der Waals surface area (Å²) in [6, 6.07) is 3.77. The largest absolute Gasteiger partial charge is 0.421 e. The molecule has 2 fully saturated rings. The van der Waals surface area contributed by atoms with Crippen LogP contribution in [-0.2, 0) is 11.2 Å². The fourth-order valence-corrected chi connectivity index (χ4v) is 6.24. The first-order chi connectivity index (χ1) is 14.9. The summed E-state index contributed by atoms with van der Waals surface area (Å²) >= 11 is 12.7. The number of carbonyl (C=O) groups is 1. The van der Waals surface area contributed by atoms with Crippen molar-refractivity contribution in [2.45, 2.75) is 25.8 Å². The highest BCUT2D eigenvalue weighted by Crippen LogP contribution is 2.60. The van der Waals surface area contributed by atoms with Crippen molar-refractivity contribution in [1.82, 2.24) is 14.9 Å². The highest BCUT2D eigenvalue weighted by Gasteiger charge is 2.66. The third-order valence-corrected chi connectivity index (χ3v) is 7.69. The van der Waals surface area contributed by atoms with Gasteiger partial charge < -0.3 is 20.0 Å². The van der Waals surface area contributed by atoms with E-state index in [2.05, 4.69) is 21.8 Å². The normalized spacial score (nSPS) is 26.8.